The van der Waals surface area contributed by atoms with Crippen LogP contribution in [0.15, 0.2) is 60.7 Å². The number of aliphatic hydroxyl groups is 1. The average Bonchev–Trinajstić information content (AvgIpc) is 3.72. The molecule has 2 bridgehead atoms. The average molecular weight is 840 g/mol. The monoisotopic (exact) mass is 839 g/mol. The number of nitrogens with zero attached hydrogens (tertiary/aromatic N) is 1. The molecule has 2 aromatic rings. The summed E-state index contributed by atoms with van der Waals surface area (Å²) >= 11 is 0. The SMILES string of the molecule is CC[C@H]1OC(=O)O[C@@]1(C)[C@@H]1OC(=O)[C@H](C)[C@H](O)[C@H](C)[C@@H](OC2OC(C)CC(N(C)C(=O)OCc3ccccc3)C2OC(=O)OCc2ccccc2)C2(C)CC(C)C(O2)[C@@H]1C. The number of amides is 1. The summed E-state index contributed by atoms with van der Waals surface area (Å²) in [4.78, 5) is 55.1. The number of fused-ring (bicyclic) bond motifs is 2. The molecular weight excluding hydrogens is 778 g/mol. The molecule has 1 amide bonds. The highest BCUT2D eigenvalue weighted by Crippen LogP contribution is 2.49. The highest BCUT2D eigenvalue weighted by Gasteiger charge is 2.61. The van der Waals surface area contributed by atoms with Gasteiger partial charge in [-0.25, -0.2) is 14.4 Å². The van der Waals surface area contributed by atoms with E-state index in [1.807, 2.05) is 95.3 Å². The van der Waals surface area contributed by atoms with Crippen molar-refractivity contribution in [1.82, 2.24) is 4.90 Å². The molecule has 15 nitrogen and oxygen atoms in total. The highest BCUT2D eigenvalue weighted by atomic mass is 16.8. The van der Waals surface area contributed by atoms with Gasteiger partial charge in [-0.2, -0.15) is 0 Å². The van der Waals surface area contributed by atoms with Gasteiger partial charge < -0.3 is 52.6 Å². The fraction of sp³-hybridized carbons (Fsp3) is 0.644. The lowest BCUT2D eigenvalue weighted by molar-refractivity contribution is -0.301. The van der Waals surface area contributed by atoms with Gasteiger partial charge in [0.25, 0.3) is 0 Å². The standard InChI is InChI=1S/C45H61NO14/c1-10-33-45(8,60-43(51)55-33)38-29(6)35-25(2)22-44(7,59-35)37(27(4)34(47)28(5)39(48)57-38)58-40-36(56-42(50)53-24-31-19-15-12-16-20-31)32(21-26(3)54-40)46(9)41(49)52-23-30-17-13-11-14-18-30/h11-20,25-29,32-38,40,47H,10,21-24H2,1-9H3/t25?,26?,27-,28+,29-,32?,33+,34+,35?,36?,37+,38+,40?,44?,45+/m0/s1. The molecule has 60 heavy (non-hydrogen) atoms. The molecule has 15 atom stereocenters. The molecule has 4 fully saturated rings. The quantitative estimate of drug-likeness (QED) is 0.192. The van der Waals surface area contributed by atoms with Crippen LogP contribution in [0.4, 0.5) is 14.4 Å². The maximum Gasteiger partial charge on any atom is 0.509 e. The van der Waals surface area contributed by atoms with Gasteiger partial charge in [-0.15, -0.1) is 0 Å². The zero-order valence-corrected chi connectivity index (χ0v) is 36.0. The fourth-order valence-corrected chi connectivity index (χ4v) is 9.62. The fourth-order valence-electron chi connectivity index (χ4n) is 9.62. The summed E-state index contributed by atoms with van der Waals surface area (Å²) < 4.78 is 55.2. The Morgan fingerprint density at radius 1 is 0.883 bits per heavy atom. The predicted molar refractivity (Wildman–Crippen MR) is 214 cm³/mol. The van der Waals surface area contributed by atoms with Crippen LogP contribution in [0.1, 0.15) is 85.8 Å². The molecule has 0 aliphatic carbocycles. The minimum Gasteiger partial charge on any atom is -0.457 e. The molecule has 0 aromatic heterocycles. The first-order valence-corrected chi connectivity index (χ1v) is 21.0. The molecule has 0 spiro atoms. The van der Waals surface area contributed by atoms with Crippen molar-refractivity contribution in [3.63, 3.8) is 0 Å². The number of hydrogen-bond acceptors (Lipinski definition) is 14. The van der Waals surface area contributed by atoms with Crippen molar-refractivity contribution in [1.29, 1.82) is 0 Å². The van der Waals surface area contributed by atoms with E-state index in [9.17, 15) is 24.3 Å². The van der Waals surface area contributed by atoms with Crippen molar-refractivity contribution >= 4 is 24.4 Å². The van der Waals surface area contributed by atoms with Gasteiger partial charge >= 0.3 is 24.4 Å². The molecule has 4 aliphatic heterocycles. The van der Waals surface area contributed by atoms with E-state index in [0.717, 1.165) is 11.1 Å². The molecule has 0 saturated carbocycles. The van der Waals surface area contributed by atoms with Crippen LogP contribution >= 0.6 is 0 Å². The summed E-state index contributed by atoms with van der Waals surface area (Å²) in [5.41, 5.74) is -0.905. The third kappa shape index (κ3) is 9.54. The highest BCUT2D eigenvalue weighted by molar-refractivity contribution is 5.73. The number of cyclic esters (lactones) is 3. The molecule has 4 aliphatic rings. The molecule has 4 saturated heterocycles. The van der Waals surface area contributed by atoms with Gasteiger partial charge in [0.15, 0.2) is 18.0 Å². The van der Waals surface area contributed by atoms with E-state index >= 15 is 0 Å². The van der Waals surface area contributed by atoms with Crippen molar-refractivity contribution in [2.45, 2.75) is 154 Å². The molecule has 1 N–H and O–H groups in total. The Bertz CT molecular complexity index is 1800. The second kappa shape index (κ2) is 18.7. The predicted octanol–water partition coefficient (Wildman–Crippen LogP) is 6.95. The first-order chi connectivity index (χ1) is 28.4. The number of ether oxygens (including phenoxy) is 9. The minimum absolute atomic E-state index is 0.0213. The Morgan fingerprint density at radius 3 is 2.12 bits per heavy atom. The van der Waals surface area contributed by atoms with Crippen LogP contribution in [-0.2, 0) is 60.6 Å². The van der Waals surface area contributed by atoms with Gasteiger partial charge in [-0.3, -0.25) is 4.79 Å². The molecule has 330 valence electrons. The summed E-state index contributed by atoms with van der Waals surface area (Å²) in [7, 11) is 1.56. The van der Waals surface area contributed by atoms with E-state index < -0.39 is 108 Å². The summed E-state index contributed by atoms with van der Waals surface area (Å²) in [5, 5.41) is 12.0. The summed E-state index contributed by atoms with van der Waals surface area (Å²) in [6.07, 6.45) is -8.97. The molecular formula is C45H61NO14. The number of carbonyl (C=O) groups excluding carboxylic acids is 4. The molecule has 7 unspecified atom stereocenters. The number of aliphatic hydroxyl groups excluding tert-OH is 1. The van der Waals surface area contributed by atoms with Crippen LogP contribution in [0.5, 0.6) is 0 Å². The summed E-state index contributed by atoms with van der Waals surface area (Å²) in [5.74, 6) is -3.20. The lowest BCUT2D eigenvalue weighted by atomic mass is 9.76. The Balaban J connectivity index is 1.32. The van der Waals surface area contributed by atoms with E-state index in [2.05, 4.69) is 0 Å². The Labute approximate surface area is 352 Å². The Hall–Kier alpha value is -4.44. The molecule has 2 aromatic carbocycles. The second-order valence-corrected chi connectivity index (χ2v) is 17.4. The second-order valence-electron chi connectivity index (χ2n) is 17.4. The summed E-state index contributed by atoms with van der Waals surface area (Å²) in [6.45, 7) is 14.5. The van der Waals surface area contributed by atoms with E-state index in [1.165, 1.54) is 4.90 Å². The maximum absolute atomic E-state index is 14.0. The van der Waals surface area contributed by atoms with Crippen LogP contribution in [0.25, 0.3) is 0 Å². The van der Waals surface area contributed by atoms with Crippen LogP contribution in [0, 0.1) is 23.7 Å². The molecule has 0 radical (unpaired) electrons. The lowest BCUT2D eigenvalue weighted by Gasteiger charge is -2.47. The van der Waals surface area contributed by atoms with Crippen molar-refractivity contribution < 1.29 is 66.9 Å². The van der Waals surface area contributed by atoms with Crippen LogP contribution in [0.3, 0.4) is 0 Å². The maximum atomic E-state index is 14.0. The number of benzene rings is 2. The molecule has 6 rings (SSSR count). The van der Waals surface area contributed by atoms with Gasteiger partial charge in [0.2, 0.25) is 0 Å². The van der Waals surface area contributed by atoms with E-state index in [1.54, 1.807) is 27.8 Å². The minimum atomic E-state index is -1.34. The topological polar surface area (TPSA) is 175 Å². The van der Waals surface area contributed by atoms with Crippen molar-refractivity contribution in [2.75, 3.05) is 7.05 Å². The number of carbonyl (C=O) groups is 4. The van der Waals surface area contributed by atoms with Gasteiger partial charge in [-0.05, 0) is 64.0 Å². The van der Waals surface area contributed by atoms with Gasteiger partial charge in [0.05, 0.1) is 42.0 Å². The van der Waals surface area contributed by atoms with Gasteiger partial charge in [-0.1, -0.05) is 88.4 Å². The Kier molecular flexibility index (Phi) is 14.0. The van der Waals surface area contributed by atoms with Crippen molar-refractivity contribution in [3.8, 4) is 0 Å². The molecule has 15 heteroatoms. The number of hydrogen-bond donors (Lipinski definition) is 1. The van der Waals surface area contributed by atoms with Crippen LogP contribution in [-0.4, -0.2) is 108 Å². The van der Waals surface area contributed by atoms with Crippen LogP contribution < -0.4 is 0 Å². The summed E-state index contributed by atoms with van der Waals surface area (Å²) in [6, 6.07) is 17.6. The van der Waals surface area contributed by atoms with Crippen molar-refractivity contribution in [3.05, 3.63) is 71.8 Å². The van der Waals surface area contributed by atoms with Crippen molar-refractivity contribution in [2.24, 2.45) is 23.7 Å². The number of rotatable bonds is 10. The first kappa shape index (κ1) is 45.1. The zero-order chi connectivity index (χ0) is 43.5. The number of esters is 1. The smallest absolute Gasteiger partial charge is 0.457 e. The van der Waals surface area contributed by atoms with E-state index in [4.69, 9.17) is 42.6 Å². The lowest BCUT2D eigenvalue weighted by Crippen LogP contribution is -2.61. The third-order valence-corrected chi connectivity index (χ3v) is 12.8. The molecule has 4 heterocycles. The van der Waals surface area contributed by atoms with Gasteiger partial charge in [0.1, 0.15) is 25.4 Å². The van der Waals surface area contributed by atoms with Crippen LogP contribution in [0.2, 0.25) is 0 Å². The Morgan fingerprint density at radius 2 is 1.50 bits per heavy atom. The zero-order valence-electron chi connectivity index (χ0n) is 36.0. The largest absolute Gasteiger partial charge is 0.509 e. The first-order valence-electron chi connectivity index (χ1n) is 21.0. The normalized spacial score (nSPS) is 38.1. The third-order valence-electron chi connectivity index (χ3n) is 12.8. The van der Waals surface area contributed by atoms with Gasteiger partial charge in [0, 0.05) is 18.9 Å². The van der Waals surface area contributed by atoms with E-state index in [0.29, 0.717) is 12.8 Å². The number of likely N-dealkylation sites (N-methyl/N-ethyl adjacent to an activating group) is 1. The van der Waals surface area contributed by atoms with E-state index in [-0.39, 0.29) is 25.6 Å².